The molecule has 166 valence electrons. The molecule has 0 spiro atoms. The number of sulfone groups is 1. The number of hydrogen-bond donors (Lipinski definition) is 0. The van der Waals surface area contributed by atoms with Crippen molar-refractivity contribution in [3.8, 4) is 5.75 Å². The summed E-state index contributed by atoms with van der Waals surface area (Å²) in [5, 5.41) is 0. The first kappa shape index (κ1) is 21.7. The second-order valence-corrected chi connectivity index (χ2v) is 10.2. The van der Waals surface area contributed by atoms with Crippen LogP contribution in [-0.4, -0.2) is 44.2 Å². The molecule has 0 radical (unpaired) electrons. The highest BCUT2D eigenvalue weighted by Crippen LogP contribution is 2.26. The average Bonchev–Trinajstić information content (AvgIpc) is 3.22. The Balaban J connectivity index is 1.28. The molecular formula is C23H25F2NO4S. The molecule has 0 unspecified atom stereocenters. The van der Waals surface area contributed by atoms with E-state index in [4.69, 9.17) is 4.74 Å². The summed E-state index contributed by atoms with van der Waals surface area (Å²) in [5.41, 5.74) is 2.30. The van der Waals surface area contributed by atoms with Crippen LogP contribution in [0.2, 0.25) is 0 Å². The van der Waals surface area contributed by atoms with Crippen LogP contribution in [0.15, 0.2) is 41.3 Å². The van der Waals surface area contributed by atoms with Gasteiger partial charge in [-0.3, -0.25) is 4.79 Å². The van der Waals surface area contributed by atoms with E-state index in [1.807, 2.05) is 6.07 Å². The van der Waals surface area contributed by atoms with E-state index in [1.165, 1.54) is 11.6 Å². The number of halogens is 2. The molecule has 0 saturated carbocycles. The lowest BCUT2D eigenvalue weighted by atomic mass is 10.1. The molecule has 0 bridgehead atoms. The van der Waals surface area contributed by atoms with E-state index in [1.54, 1.807) is 17.0 Å². The monoisotopic (exact) mass is 449 g/mol. The molecule has 1 saturated heterocycles. The van der Waals surface area contributed by atoms with Gasteiger partial charge >= 0.3 is 0 Å². The largest absolute Gasteiger partial charge is 0.487 e. The number of rotatable bonds is 6. The van der Waals surface area contributed by atoms with E-state index >= 15 is 0 Å². The minimum Gasteiger partial charge on any atom is -0.487 e. The Hall–Kier alpha value is -2.48. The molecule has 2 aromatic rings. The molecule has 8 heteroatoms. The van der Waals surface area contributed by atoms with Crippen LogP contribution in [0, 0.1) is 11.6 Å². The average molecular weight is 450 g/mol. The maximum Gasteiger partial charge on any atom is 0.223 e. The second kappa shape index (κ2) is 8.94. The Bertz CT molecular complexity index is 1080. The molecule has 2 aliphatic rings. The molecule has 4 rings (SSSR count). The fraction of sp³-hybridized carbons (Fsp3) is 0.435. The van der Waals surface area contributed by atoms with Crippen LogP contribution in [-0.2, 0) is 27.5 Å². The summed E-state index contributed by atoms with van der Waals surface area (Å²) < 4.78 is 57.7. The molecule has 5 nitrogen and oxygen atoms in total. The minimum absolute atomic E-state index is 0.00776. The summed E-state index contributed by atoms with van der Waals surface area (Å²) in [5.74, 6) is -1.86. The Morgan fingerprint density at radius 1 is 1.03 bits per heavy atom. The van der Waals surface area contributed by atoms with E-state index in [0.29, 0.717) is 25.9 Å². The van der Waals surface area contributed by atoms with Crippen molar-refractivity contribution in [3.63, 3.8) is 0 Å². The van der Waals surface area contributed by atoms with Crippen LogP contribution in [0.1, 0.15) is 36.8 Å². The Morgan fingerprint density at radius 3 is 2.52 bits per heavy atom. The van der Waals surface area contributed by atoms with Gasteiger partial charge in [-0.2, -0.15) is 0 Å². The van der Waals surface area contributed by atoms with Crippen LogP contribution in [0.5, 0.6) is 5.75 Å². The van der Waals surface area contributed by atoms with E-state index < -0.39 is 21.5 Å². The van der Waals surface area contributed by atoms with Crippen LogP contribution in [0.4, 0.5) is 8.78 Å². The zero-order valence-corrected chi connectivity index (χ0v) is 18.0. The number of ether oxygens (including phenoxy) is 1. The molecule has 0 atom stereocenters. The van der Waals surface area contributed by atoms with Gasteiger partial charge in [0, 0.05) is 38.4 Å². The Labute approximate surface area is 180 Å². The Morgan fingerprint density at radius 2 is 1.77 bits per heavy atom. The smallest absolute Gasteiger partial charge is 0.223 e. The van der Waals surface area contributed by atoms with Gasteiger partial charge in [-0.1, -0.05) is 6.07 Å². The van der Waals surface area contributed by atoms with Crippen LogP contribution in [0.25, 0.3) is 0 Å². The molecule has 1 aliphatic heterocycles. The number of fused-ring (bicyclic) bond motifs is 1. The lowest BCUT2D eigenvalue weighted by Gasteiger charge is -2.32. The fourth-order valence-corrected chi connectivity index (χ4v) is 5.49. The van der Waals surface area contributed by atoms with E-state index in [0.717, 1.165) is 37.0 Å². The number of aryl methyl sites for hydroxylation is 2. The lowest BCUT2D eigenvalue weighted by Crippen LogP contribution is -2.42. The zero-order valence-electron chi connectivity index (χ0n) is 17.1. The summed E-state index contributed by atoms with van der Waals surface area (Å²) in [4.78, 5) is 14.4. The number of piperidine rings is 1. The number of hydrogen-bond acceptors (Lipinski definition) is 4. The highest BCUT2D eigenvalue weighted by molar-refractivity contribution is 7.91. The first-order chi connectivity index (χ1) is 14.8. The van der Waals surface area contributed by atoms with Crippen molar-refractivity contribution in [3.05, 3.63) is 59.2 Å². The summed E-state index contributed by atoms with van der Waals surface area (Å²) in [6.45, 7) is 0.816. The molecule has 31 heavy (non-hydrogen) atoms. The van der Waals surface area contributed by atoms with Gasteiger partial charge in [-0.05, 0) is 54.7 Å². The zero-order chi connectivity index (χ0) is 22.0. The van der Waals surface area contributed by atoms with Crippen molar-refractivity contribution in [2.45, 2.75) is 49.5 Å². The molecular weight excluding hydrogens is 424 g/mol. The van der Waals surface area contributed by atoms with E-state index in [-0.39, 0.29) is 34.8 Å². The molecule has 1 fully saturated rings. The number of benzene rings is 2. The quantitative estimate of drug-likeness (QED) is 0.675. The van der Waals surface area contributed by atoms with Gasteiger partial charge in [-0.15, -0.1) is 0 Å². The summed E-state index contributed by atoms with van der Waals surface area (Å²) in [6.07, 6.45) is 3.58. The highest BCUT2D eigenvalue weighted by Gasteiger charge is 2.26. The van der Waals surface area contributed by atoms with Crippen molar-refractivity contribution in [2.24, 2.45) is 0 Å². The SMILES string of the molecule is O=C(CCS(=O)(=O)c1ccc2c(c1)CCC2)N1CCC(Oc2ccc(F)cc2F)CC1. The number of likely N-dealkylation sites (tertiary alicyclic amines) is 1. The van der Waals surface area contributed by atoms with E-state index in [2.05, 4.69) is 0 Å². The van der Waals surface area contributed by atoms with E-state index in [9.17, 15) is 22.0 Å². The van der Waals surface area contributed by atoms with Crippen LogP contribution in [0.3, 0.4) is 0 Å². The maximum atomic E-state index is 13.7. The molecule has 0 aromatic heterocycles. The molecule has 2 aromatic carbocycles. The van der Waals surface area contributed by atoms with Gasteiger partial charge < -0.3 is 9.64 Å². The maximum absolute atomic E-state index is 13.7. The fourth-order valence-electron chi connectivity index (χ4n) is 4.21. The van der Waals surface area contributed by atoms with Gasteiger partial charge in [0.1, 0.15) is 11.9 Å². The summed E-state index contributed by atoms with van der Waals surface area (Å²) in [6, 6.07) is 8.44. The number of carbonyl (C=O) groups is 1. The predicted molar refractivity (Wildman–Crippen MR) is 112 cm³/mol. The summed E-state index contributed by atoms with van der Waals surface area (Å²) >= 11 is 0. The van der Waals surface area contributed by atoms with Gasteiger partial charge in [0.2, 0.25) is 5.91 Å². The molecule has 1 amide bonds. The molecule has 1 aliphatic carbocycles. The normalized spacial score (nSPS) is 16.9. The van der Waals surface area contributed by atoms with Crippen molar-refractivity contribution in [1.82, 2.24) is 4.90 Å². The highest BCUT2D eigenvalue weighted by atomic mass is 32.2. The minimum atomic E-state index is -3.52. The van der Waals surface area contributed by atoms with Gasteiger partial charge in [0.25, 0.3) is 0 Å². The lowest BCUT2D eigenvalue weighted by molar-refractivity contribution is -0.132. The Kier molecular flexibility index (Phi) is 6.27. The first-order valence-electron chi connectivity index (χ1n) is 10.6. The standard InChI is InChI=1S/C23H25F2NO4S/c24-18-5-7-22(21(25)15-18)30-19-8-11-26(12-9-19)23(27)10-13-31(28,29)20-6-4-16-2-1-3-17(16)14-20/h4-7,14-15,19H,1-3,8-13H2. The predicted octanol–water partition coefficient (Wildman–Crippen LogP) is 3.69. The first-order valence-corrected chi connectivity index (χ1v) is 12.2. The summed E-state index contributed by atoms with van der Waals surface area (Å²) in [7, 11) is -3.52. The third-order valence-corrected chi connectivity index (χ3v) is 7.71. The van der Waals surface area contributed by atoms with Crippen molar-refractivity contribution < 1.29 is 26.7 Å². The van der Waals surface area contributed by atoms with Crippen molar-refractivity contribution in [2.75, 3.05) is 18.8 Å². The van der Waals surface area contributed by atoms with Crippen LogP contribution < -0.4 is 4.74 Å². The third-order valence-electron chi connectivity index (χ3n) is 6.00. The number of nitrogens with zero attached hydrogens (tertiary/aromatic N) is 1. The number of amides is 1. The number of carbonyl (C=O) groups excluding carboxylic acids is 1. The van der Waals surface area contributed by atoms with Crippen molar-refractivity contribution >= 4 is 15.7 Å². The molecule has 1 heterocycles. The topological polar surface area (TPSA) is 63.7 Å². The molecule has 0 N–H and O–H groups in total. The van der Waals surface area contributed by atoms with Gasteiger partial charge in [0.15, 0.2) is 21.4 Å². The van der Waals surface area contributed by atoms with Crippen molar-refractivity contribution in [1.29, 1.82) is 0 Å². The van der Waals surface area contributed by atoms with Gasteiger partial charge in [0.05, 0.1) is 10.6 Å². The third kappa shape index (κ3) is 5.06. The van der Waals surface area contributed by atoms with Crippen LogP contribution >= 0.6 is 0 Å². The second-order valence-electron chi connectivity index (χ2n) is 8.13. The van der Waals surface area contributed by atoms with Gasteiger partial charge in [-0.25, -0.2) is 17.2 Å².